The number of carbonyl (C=O) groups is 1. The molecule has 0 saturated carbocycles. The second kappa shape index (κ2) is 7.99. The van der Waals surface area contributed by atoms with Crippen molar-refractivity contribution in [3.63, 3.8) is 0 Å². The average Bonchev–Trinajstić information content (AvgIpc) is 2.78. The van der Waals surface area contributed by atoms with Crippen LogP contribution in [0.15, 0.2) is 48.5 Å². The number of hydrogen-bond donors (Lipinski definition) is 0. The smallest absolute Gasteiger partial charge is 0.257 e. The highest BCUT2D eigenvalue weighted by molar-refractivity contribution is 5.97. The highest BCUT2D eigenvalue weighted by Crippen LogP contribution is 2.29. The fourth-order valence-electron chi connectivity index (χ4n) is 3.83. The first-order chi connectivity index (χ1) is 14.1. The van der Waals surface area contributed by atoms with Crippen molar-refractivity contribution in [3.8, 4) is 11.5 Å². The van der Waals surface area contributed by atoms with Gasteiger partial charge in [0.15, 0.2) is 0 Å². The van der Waals surface area contributed by atoms with E-state index in [1.165, 1.54) is 0 Å². The molecule has 1 aliphatic rings. The molecule has 6 heteroatoms. The van der Waals surface area contributed by atoms with Crippen molar-refractivity contribution in [1.82, 2.24) is 9.88 Å². The molecule has 3 aromatic rings. The van der Waals surface area contributed by atoms with Gasteiger partial charge in [0.25, 0.3) is 5.91 Å². The minimum atomic E-state index is 0.00594. The van der Waals surface area contributed by atoms with E-state index in [9.17, 15) is 4.79 Å². The van der Waals surface area contributed by atoms with E-state index in [1.54, 1.807) is 14.2 Å². The molecule has 1 saturated heterocycles. The van der Waals surface area contributed by atoms with E-state index in [2.05, 4.69) is 24.0 Å². The van der Waals surface area contributed by atoms with Crippen molar-refractivity contribution in [2.24, 2.45) is 0 Å². The van der Waals surface area contributed by atoms with Crippen LogP contribution < -0.4 is 14.4 Å². The summed E-state index contributed by atoms with van der Waals surface area (Å²) in [5.41, 5.74) is 2.64. The molecule has 2 aromatic carbocycles. The van der Waals surface area contributed by atoms with Gasteiger partial charge >= 0.3 is 0 Å². The quantitative estimate of drug-likeness (QED) is 0.681. The first-order valence-corrected chi connectivity index (χ1v) is 9.74. The fourth-order valence-corrected chi connectivity index (χ4v) is 3.83. The van der Waals surface area contributed by atoms with E-state index >= 15 is 0 Å². The Labute approximate surface area is 170 Å². The minimum Gasteiger partial charge on any atom is -0.496 e. The number of pyridine rings is 1. The monoisotopic (exact) mass is 391 g/mol. The number of nitrogens with zero attached hydrogens (tertiary/aromatic N) is 3. The Balaban J connectivity index is 1.53. The summed E-state index contributed by atoms with van der Waals surface area (Å²) in [7, 11) is 3.26. The number of piperazine rings is 1. The van der Waals surface area contributed by atoms with Crippen LogP contribution in [0.3, 0.4) is 0 Å². The third-order valence-electron chi connectivity index (χ3n) is 5.44. The average molecular weight is 391 g/mol. The minimum absolute atomic E-state index is 0.00594. The van der Waals surface area contributed by atoms with Gasteiger partial charge in [0.2, 0.25) is 0 Å². The summed E-state index contributed by atoms with van der Waals surface area (Å²) in [6.45, 7) is 4.83. The van der Waals surface area contributed by atoms with Crippen LogP contribution in [0.2, 0.25) is 0 Å². The summed E-state index contributed by atoms with van der Waals surface area (Å²) in [4.78, 5) is 21.9. The van der Waals surface area contributed by atoms with Crippen LogP contribution in [-0.2, 0) is 0 Å². The molecule has 0 atom stereocenters. The van der Waals surface area contributed by atoms with Crippen LogP contribution in [0, 0.1) is 6.92 Å². The summed E-state index contributed by atoms with van der Waals surface area (Å²) in [6, 6.07) is 15.5. The lowest BCUT2D eigenvalue weighted by Gasteiger charge is -2.36. The predicted octanol–water partition coefficient (Wildman–Crippen LogP) is 3.52. The number of benzene rings is 2. The van der Waals surface area contributed by atoms with Crippen molar-refractivity contribution in [3.05, 3.63) is 59.7 Å². The Hall–Kier alpha value is -3.28. The number of anilines is 1. The number of aryl methyl sites for hydroxylation is 1. The van der Waals surface area contributed by atoms with Crippen LogP contribution in [0.1, 0.15) is 15.9 Å². The zero-order chi connectivity index (χ0) is 20.4. The molecule has 150 valence electrons. The van der Waals surface area contributed by atoms with Gasteiger partial charge in [-0.2, -0.15) is 0 Å². The molecule has 0 aliphatic carbocycles. The maximum atomic E-state index is 12.9. The number of rotatable bonds is 4. The third kappa shape index (κ3) is 3.58. The number of methoxy groups -OCH3 is 2. The molecule has 0 radical (unpaired) electrons. The van der Waals surface area contributed by atoms with Gasteiger partial charge in [0, 0.05) is 31.6 Å². The Bertz CT molecular complexity index is 1040. The second-order valence-electron chi connectivity index (χ2n) is 7.13. The van der Waals surface area contributed by atoms with E-state index in [1.807, 2.05) is 41.3 Å². The highest BCUT2D eigenvalue weighted by atomic mass is 16.5. The lowest BCUT2D eigenvalue weighted by atomic mass is 10.1. The molecule has 1 aromatic heterocycles. The summed E-state index contributed by atoms with van der Waals surface area (Å²) in [5, 5.41) is 1.10. The van der Waals surface area contributed by atoms with Gasteiger partial charge in [0.05, 0.1) is 19.8 Å². The maximum Gasteiger partial charge on any atom is 0.257 e. The van der Waals surface area contributed by atoms with Gasteiger partial charge in [-0.05, 0) is 36.8 Å². The molecule has 0 N–H and O–H groups in total. The Morgan fingerprint density at radius 1 is 0.931 bits per heavy atom. The zero-order valence-electron chi connectivity index (χ0n) is 17.0. The summed E-state index contributed by atoms with van der Waals surface area (Å²) in [5.74, 6) is 2.31. The molecule has 4 rings (SSSR count). The van der Waals surface area contributed by atoms with Crippen molar-refractivity contribution in [1.29, 1.82) is 0 Å². The molecular formula is C23H25N3O3. The number of carbonyl (C=O) groups excluding carboxylic acids is 1. The van der Waals surface area contributed by atoms with Crippen molar-refractivity contribution in [2.45, 2.75) is 6.92 Å². The number of fused-ring (bicyclic) bond motifs is 1. The normalized spacial score (nSPS) is 14.2. The van der Waals surface area contributed by atoms with Gasteiger partial charge in [-0.25, -0.2) is 4.98 Å². The summed E-state index contributed by atoms with van der Waals surface area (Å²) < 4.78 is 10.8. The van der Waals surface area contributed by atoms with Gasteiger partial charge in [-0.15, -0.1) is 0 Å². The molecule has 29 heavy (non-hydrogen) atoms. The lowest BCUT2D eigenvalue weighted by molar-refractivity contribution is 0.0743. The maximum absolute atomic E-state index is 12.9. The van der Waals surface area contributed by atoms with E-state index in [0.717, 1.165) is 41.1 Å². The molecular weight excluding hydrogens is 366 g/mol. The van der Waals surface area contributed by atoms with Crippen molar-refractivity contribution < 1.29 is 14.3 Å². The van der Waals surface area contributed by atoms with Gasteiger partial charge < -0.3 is 19.3 Å². The van der Waals surface area contributed by atoms with Crippen LogP contribution in [0.25, 0.3) is 10.9 Å². The molecule has 0 spiro atoms. The Morgan fingerprint density at radius 2 is 1.62 bits per heavy atom. The van der Waals surface area contributed by atoms with E-state index < -0.39 is 0 Å². The number of para-hydroxylation sites is 2. The van der Waals surface area contributed by atoms with Crippen molar-refractivity contribution >= 4 is 22.6 Å². The third-order valence-corrected chi connectivity index (χ3v) is 5.44. The van der Waals surface area contributed by atoms with E-state index in [0.29, 0.717) is 24.4 Å². The van der Waals surface area contributed by atoms with E-state index in [4.69, 9.17) is 14.5 Å². The first kappa shape index (κ1) is 19.1. The van der Waals surface area contributed by atoms with Gasteiger partial charge in [0.1, 0.15) is 22.8 Å². The SMILES string of the molecule is COc1ccccc1C(=O)N1CCN(c2cc(C)c3cccc(OC)c3n2)CC1. The predicted molar refractivity (Wildman–Crippen MR) is 114 cm³/mol. The summed E-state index contributed by atoms with van der Waals surface area (Å²) >= 11 is 0. The number of ether oxygens (including phenoxy) is 2. The Kier molecular flexibility index (Phi) is 5.25. The largest absolute Gasteiger partial charge is 0.496 e. The molecule has 6 nitrogen and oxygen atoms in total. The lowest BCUT2D eigenvalue weighted by Crippen LogP contribution is -2.49. The highest BCUT2D eigenvalue weighted by Gasteiger charge is 2.25. The number of aromatic nitrogens is 1. The molecule has 0 unspecified atom stereocenters. The van der Waals surface area contributed by atoms with Crippen LogP contribution in [0.5, 0.6) is 11.5 Å². The molecule has 1 fully saturated rings. The van der Waals surface area contributed by atoms with Gasteiger partial charge in [-0.3, -0.25) is 4.79 Å². The topological polar surface area (TPSA) is 54.9 Å². The first-order valence-electron chi connectivity index (χ1n) is 9.74. The van der Waals surface area contributed by atoms with E-state index in [-0.39, 0.29) is 5.91 Å². The Morgan fingerprint density at radius 3 is 2.34 bits per heavy atom. The fraction of sp³-hybridized carbons (Fsp3) is 0.304. The van der Waals surface area contributed by atoms with Crippen molar-refractivity contribution in [2.75, 3.05) is 45.3 Å². The molecule has 2 heterocycles. The molecule has 1 aliphatic heterocycles. The standard InChI is InChI=1S/C23H25N3O3/c1-16-15-21(24-22-17(16)8-6-10-20(22)29-3)25-11-13-26(14-12-25)23(27)18-7-4-5-9-19(18)28-2/h4-10,15H,11-14H2,1-3H3. The second-order valence-corrected chi connectivity index (χ2v) is 7.13. The summed E-state index contributed by atoms with van der Waals surface area (Å²) in [6.07, 6.45) is 0. The van der Waals surface area contributed by atoms with Crippen LogP contribution in [0.4, 0.5) is 5.82 Å². The van der Waals surface area contributed by atoms with Crippen LogP contribution in [-0.4, -0.2) is 56.2 Å². The van der Waals surface area contributed by atoms with Crippen LogP contribution >= 0.6 is 0 Å². The molecule has 0 bridgehead atoms. The number of hydrogen-bond acceptors (Lipinski definition) is 5. The number of amides is 1. The zero-order valence-corrected chi connectivity index (χ0v) is 17.0. The van der Waals surface area contributed by atoms with Gasteiger partial charge in [-0.1, -0.05) is 24.3 Å². The molecule has 1 amide bonds.